The molecule has 1 aliphatic carbocycles. The van der Waals surface area contributed by atoms with Gasteiger partial charge in [-0.05, 0) is 40.5 Å². The van der Waals surface area contributed by atoms with Gasteiger partial charge >= 0.3 is 0 Å². The molecule has 0 atom stereocenters. The molecule has 1 aliphatic rings. The van der Waals surface area contributed by atoms with Crippen LogP contribution < -0.4 is 10.6 Å². The third-order valence-electron chi connectivity index (χ3n) is 4.81. The predicted octanol–water partition coefficient (Wildman–Crippen LogP) is 2.68. The van der Waals surface area contributed by atoms with Crippen LogP contribution in [0.1, 0.15) is 59.8 Å². The van der Waals surface area contributed by atoms with Crippen molar-refractivity contribution in [3.8, 4) is 0 Å². The van der Waals surface area contributed by atoms with Crippen LogP contribution in [0.3, 0.4) is 0 Å². The lowest BCUT2D eigenvalue weighted by Gasteiger charge is -2.31. The van der Waals surface area contributed by atoms with E-state index in [4.69, 9.17) is 0 Å². The lowest BCUT2D eigenvalue weighted by atomic mass is 9.96. The number of carbonyl (C=O) groups excluding carboxylic acids is 1. The van der Waals surface area contributed by atoms with Crippen molar-refractivity contribution < 1.29 is 4.79 Å². The number of nitrogens with one attached hydrogen (secondary N) is 2. The number of carbonyl (C=O) groups is 1. The van der Waals surface area contributed by atoms with Crippen LogP contribution in [0.25, 0.3) is 0 Å². The van der Waals surface area contributed by atoms with Gasteiger partial charge in [0.05, 0.1) is 0 Å². The van der Waals surface area contributed by atoms with Gasteiger partial charge < -0.3 is 15.5 Å². The van der Waals surface area contributed by atoms with Crippen molar-refractivity contribution in [3.05, 3.63) is 0 Å². The Balaban J connectivity index is 0.00000625. The zero-order valence-corrected chi connectivity index (χ0v) is 19.9. The molecule has 26 heavy (non-hydrogen) atoms. The highest BCUT2D eigenvalue weighted by Gasteiger charge is 2.16. The Bertz CT molecular complexity index is 412. The number of rotatable bonds is 8. The summed E-state index contributed by atoms with van der Waals surface area (Å²) in [4.78, 5) is 20.4. The fourth-order valence-corrected chi connectivity index (χ4v) is 3.30. The second-order valence-corrected chi connectivity index (χ2v) is 7.78. The van der Waals surface area contributed by atoms with Crippen LogP contribution in [0.4, 0.5) is 0 Å². The largest absolute Gasteiger partial charge is 0.355 e. The molecule has 0 aliphatic heterocycles. The topological polar surface area (TPSA) is 60.0 Å². The molecule has 0 radical (unpaired) electrons. The molecule has 0 aromatic rings. The fourth-order valence-electron chi connectivity index (χ4n) is 3.30. The van der Waals surface area contributed by atoms with Crippen LogP contribution in [0.15, 0.2) is 4.99 Å². The van der Waals surface area contributed by atoms with Crippen LogP contribution in [0, 0.1) is 0 Å². The molecule has 0 unspecified atom stereocenters. The van der Waals surface area contributed by atoms with E-state index in [0.29, 0.717) is 18.1 Å². The van der Waals surface area contributed by atoms with E-state index in [1.165, 1.54) is 32.1 Å². The lowest BCUT2D eigenvalue weighted by Crippen LogP contribution is -2.48. The van der Waals surface area contributed by atoms with Gasteiger partial charge in [0.1, 0.15) is 6.54 Å². The second-order valence-electron chi connectivity index (χ2n) is 7.78. The number of likely N-dealkylation sites (N-methyl/N-ethyl adjacent to an activating group) is 1. The Labute approximate surface area is 177 Å². The van der Waals surface area contributed by atoms with Gasteiger partial charge in [-0.25, -0.2) is 4.99 Å². The molecule has 0 aromatic carbocycles. The van der Waals surface area contributed by atoms with Gasteiger partial charge in [0.25, 0.3) is 0 Å². The molecule has 154 valence electrons. The number of nitrogens with zero attached hydrogens (tertiary/aromatic N) is 3. The first kappa shape index (κ1) is 25.4. The summed E-state index contributed by atoms with van der Waals surface area (Å²) in [6, 6.07) is 1.51. The average molecular weight is 481 g/mol. The van der Waals surface area contributed by atoms with Gasteiger partial charge in [-0.2, -0.15) is 0 Å². The van der Waals surface area contributed by atoms with Crippen molar-refractivity contribution >= 4 is 35.8 Å². The zero-order chi connectivity index (χ0) is 18.8. The van der Waals surface area contributed by atoms with E-state index in [2.05, 4.69) is 48.2 Å². The maximum Gasteiger partial charge on any atom is 0.243 e. The highest BCUT2D eigenvalue weighted by molar-refractivity contribution is 14.0. The molecule has 0 heterocycles. The van der Waals surface area contributed by atoms with Crippen molar-refractivity contribution in [2.45, 2.75) is 77.9 Å². The zero-order valence-electron chi connectivity index (χ0n) is 17.5. The molecule has 0 bridgehead atoms. The summed E-state index contributed by atoms with van der Waals surface area (Å²) < 4.78 is 0. The summed E-state index contributed by atoms with van der Waals surface area (Å²) in [5.41, 5.74) is 0. The summed E-state index contributed by atoms with van der Waals surface area (Å²) >= 11 is 0. The molecule has 1 rings (SSSR count). The Kier molecular flexibility index (Phi) is 13.3. The summed E-state index contributed by atoms with van der Waals surface area (Å²) in [7, 11) is 3.53. The van der Waals surface area contributed by atoms with Crippen LogP contribution in [-0.2, 0) is 4.79 Å². The summed E-state index contributed by atoms with van der Waals surface area (Å²) in [6.45, 7) is 10.9. The minimum absolute atomic E-state index is 0. The Morgan fingerprint density at radius 2 is 1.65 bits per heavy atom. The molecule has 1 saturated carbocycles. The molecule has 0 spiro atoms. The molecule has 7 heteroatoms. The SMILES string of the molecule is CC(C)N(CCNC(=NCC(=O)N(C)C)NC1CCCCC1)C(C)C.I. The van der Waals surface area contributed by atoms with E-state index in [1.54, 1.807) is 19.0 Å². The maximum absolute atomic E-state index is 11.9. The molecule has 2 N–H and O–H groups in total. The highest BCUT2D eigenvalue weighted by Crippen LogP contribution is 2.17. The number of hydrogen-bond acceptors (Lipinski definition) is 3. The summed E-state index contributed by atoms with van der Waals surface area (Å²) in [6.07, 6.45) is 6.25. The lowest BCUT2D eigenvalue weighted by molar-refractivity contribution is -0.127. The van der Waals surface area contributed by atoms with Gasteiger partial charge in [-0.3, -0.25) is 9.69 Å². The molecule has 1 amide bonds. The predicted molar refractivity (Wildman–Crippen MR) is 121 cm³/mol. The number of halogens is 1. The first-order valence-corrected chi connectivity index (χ1v) is 9.82. The monoisotopic (exact) mass is 481 g/mol. The normalized spacial score (nSPS) is 16.0. The van der Waals surface area contributed by atoms with Gasteiger partial charge in [-0.15, -0.1) is 24.0 Å². The maximum atomic E-state index is 11.9. The first-order chi connectivity index (χ1) is 11.8. The van der Waals surface area contributed by atoms with Gasteiger partial charge in [-0.1, -0.05) is 19.3 Å². The third-order valence-corrected chi connectivity index (χ3v) is 4.81. The molecule has 1 fully saturated rings. The average Bonchev–Trinajstić information content (AvgIpc) is 2.55. The Morgan fingerprint density at radius 1 is 1.08 bits per heavy atom. The molecule has 0 aromatic heterocycles. The quantitative estimate of drug-likeness (QED) is 0.318. The Morgan fingerprint density at radius 3 is 2.15 bits per heavy atom. The van der Waals surface area contributed by atoms with Crippen LogP contribution in [0.2, 0.25) is 0 Å². The van der Waals surface area contributed by atoms with E-state index < -0.39 is 0 Å². The van der Waals surface area contributed by atoms with Gasteiger partial charge in [0, 0.05) is 45.3 Å². The molecule has 0 saturated heterocycles. The van der Waals surface area contributed by atoms with Crippen LogP contribution in [-0.4, -0.2) is 73.5 Å². The van der Waals surface area contributed by atoms with Crippen molar-refractivity contribution in [2.75, 3.05) is 33.7 Å². The van der Waals surface area contributed by atoms with Crippen molar-refractivity contribution in [1.82, 2.24) is 20.4 Å². The van der Waals surface area contributed by atoms with Crippen molar-refractivity contribution in [2.24, 2.45) is 4.99 Å². The van der Waals surface area contributed by atoms with E-state index >= 15 is 0 Å². The molecule has 6 nitrogen and oxygen atoms in total. The molecular formula is C19H40IN5O. The van der Waals surface area contributed by atoms with E-state index in [1.807, 2.05) is 0 Å². The van der Waals surface area contributed by atoms with Crippen molar-refractivity contribution in [1.29, 1.82) is 0 Å². The highest BCUT2D eigenvalue weighted by atomic mass is 127. The van der Waals surface area contributed by atoms with Crippen LogP contribution >= 0.6 is 24.0 Å². The summed E-state index contributed by atoms with van der Waals surface area (Å²) in [5, 5.41) is 6.96. The third kappa shape index (κ3) is 9.94. The number of aliphatic imine (C=N–C) groups is 1. The van der Waals surface area contributed by atoms with Crippen LogP contribution in [0.5, 0.6) is 0 Å². The van der Waals surface area contributed by atoms with Gasteiger partial charge in [0.15, 0.2) is 5.96 Å². The fraction of sp³-hybridized carbons (Fsp3) is 0.895. The number of hydrogen-bond donors (Lipinski definition) is 2. The van der Waals surface area contributed by atoms with Gasteiger partial charge in [0.2, 0.25) is 5.91 Å². The van der Waals surface area contributed by atoms with E-state index in [9.17, 15) is 4.79 Å². The van der Waals surface area contributed by atoms with E-state index in [0.717, 1.165) is 19.0 Å². The summed E-state index contributed by atoms with van der Waals surface area (Å²) in [5.74, 6) is 0.797. The second kappa shape index (κ2) is 13.6. The van der Waals surface area contributed by atoms with Crippen molar-refractivity contribution in [3.63, 3.8) is 0 Å². The number of amides is 1. The molecular weight excluding hydrogens is 441 g/mol. The minimum Gasteiger partial charge on any atom is -0.355 e. The Hall–Kier alpha value is -0.570. The van der Waals surface area contributed by atoms with E-state index in [-0.39, 0.29) is 36.4 Å². The standard InChI is InChI=1S/C19H39N5O.HI/c1-15(2)24(16(3)4)13-12-20-19(21-14-18(25)23(5)6)22-17-10-8-7-9-11-17;/h15-17H,7-14H2,1-6H3,(H2,20,21,22);1H. The number of guanidine groups is 1. The first-order valence-electron chi connectivity index (χ1n) is 9.82. The minimum atomic E-state index is 0. The smallest absolute Gasteiger partial charge is 0.243 e.